The second-order valence-electron chi connectivity index (χ2n) is 12.5. The van der Waals surface area contributed by atoms with E-state index in [4.69, 9.17) is 14.2 Å². The predicted molar refractivity (Wildman–Crippen MR) is 187 cm³/mol. The number of methoxy groups -OCH3 is 1. The summed E-state index contributed by atoms with van der Waals surface area (Å²) in [6.45, 7) is 1.04. The summed E-state index contributed by atoms with van der Waals surface area (Å²) in [5.74, 6) is -0.424. The fraction of sp³-hybridized carbons (Fsp3) is 0.333. The van der Waals surface area contributed by atoms with E-state index in [0.29, 0.717) is 31.5 Å². The zero-order valence-corrected chi connectivity index (χ0v) is 28.3. The Labute approximate surface area is 292 Å². The highest BCUT2D eigenvalue weighted by atomic mass is 16.7. The molecule has 1 aliphatic rings. The fourth-order valence-electron chi connectivity index (χ4n) is 5.96. The monoisotopic (exact) mass is 683 g/mol. The van der Waals surface area contributed by atoms with E-state index in [2.05, 4.69) is 10.6 Å². The molecule has 264 valence electrons. The van der Waals surface area contributed by atoms with Crippen LogP contribution in [-0.4, -0.2) is 71.6 Å². The van der Waals surface area contributed by atoms with Crippen LogP contribution in [0.3, 0.4) is 0 Å². The van der Waals surface area contributed by atoms with Gasteiger partial charge in [-0.3, -0.25) is 0 Å². The Bertz CT molecular complexity index is 1670. The summed E-state index contributed by atoms with van der Waals surface area (Å²) < 4.78 is 17.8. The van der Waals surface area contributed by atoms with Gasteiger partial charge in [-0.15, -0.1) is 0 Å². The first-order valence-electron chi connectivity index (χ1n) is 16.6. The van der Waals surface area contributed by atoms with Crippen molar-refractivity contribution in [1.82, 2.24) is 15.5 Å². The van der Waals surface area contributed by atoms with E-state index in [1.165, 1.54) is 7.11 Å². The van der Waals surface area contributed by atoms with Crippen LogP contribution in [-0.2, 0) is 38.6 Å². The normalized spacial score (nSPS) is 18.6. The van der Waals surface area contributed by atoms with Gasteiger partial charge in [0.1, 0.15) is 11.8 Å². The molecule has 0 aromatic heterocycles. The van der Waals surface area contributed by atoms with E-state index in [1.807, 2.05) is 90.8 Å². The number of benzene rings is 4. The molecule has 4 aromatic rings. The third-order valence-electron chi connectivity index (χ3n) is 8.65. The minimum absolute atomic E-state index is 0.0467. The number of carbonyl (C=O) groups is 2. The van der Waals surface area contributed by atoms with E-state index in [1.54, 1.807) is 24.3 Å². The quantitative estimate of drug-likeness (QED) is 0.120. The summed E-state index contributed by atoms with van der Waals surface area (Å²) in [7, 11) is 3.21. The van der Waals surface area contributed by atoms with Crippen LogP contribution < -0.4 is 10.6 Å². The Balaban J connectivity index is 1.22. The number of likely N-dealkylation sites (N-methyl/N-ethyl adjacent to an activating group) is 1. The third kappa shape index (κ3) is 10.4. The molecule has 1 fully saturated rings. The summed E-state index contributed by atoms with van der Waals surface area (Å²) in [4.78, 5) is 27.1. The minimum atomic E-state index is -0.833. The van der Waals surface area contributed by atoms with Crippen molar-refractivity contribution in [3.63, 3.8) is 0 Å². The standard InChI is InChI=1S/C39H45N3O8/c1-42(24-35(45)31-9-6-10-32(44)20-31)23-33-21-36(29-15-13-28(25-43)14-16-29)50-38(49-33)30-17-11-27(12-18-30)22-40-39(47)41-34(37(46)48-2)19-26-7-4-3-5-8-26/h3-18,20,33-36,38,43-45H,19,21-25H2,1-2H3,(H2,40,41,47). The van der Waals surface area contributed by atoms with Crippen molar-refractivity contribution in [3.05, 3.63) is 137 Å². The average molecular weight is 684 g/mol. The number of aromatic hydroxyl groups is 1. The number of amides is 2. The van der Waals surface area contributed by atoms with Crippen molar-refractivity contribution in [3.8, 4) is 5.75 Å². The van der Waals surface area contributed by atoms with Gasteiger partial charge in [-0.1, -0.05) is 91.0 Å². The van der Waals surface area contributed by atoms with Gasteiger partial charge in [0.05, 0.1) is 32.0 Å². The second kappa shape index (κ2) is 17.7. The summed E-state index contributed by atoms with van der Waals surface area (Å²) in [5.41, 5.74) is 4.95. The molecule has 1 saturated heterocycles. The maximum absolute atomic E-state index is 12.7. The van der Waals surface area contributed by atoms with Gasteiger partial charge in [0.15, 0.2) is 6.29 Å². The van der Waals surface area contributed by atoms with Gasteiger partial charge < -0.3 is 45.1 Å². The highest BCUT2D eigenvalue weighted by Crippen LogP contribution is 2.38. The zero-order chi connectivity index (χ0) is 35.5. The number of carbonyl (C=O) groups excluding carboxylic acids is 2. The van der Waals surface area contributed by atoms with Crippen LogP contribution in [0.4, 0.5) is 4.79 Å². The van der Waals surface area contributed by atoms with E-state index in [0.717, 1.165) is 27.8 Å². The molecular weight excluding hydrogens is 638 g/mol. The lowest BCUT2D eigenvalue weighted by Crippen LogP contribution is -2.47. The SMILES string of the molecule is COC(=O)C(Cc1ccccc1)NC(=O)NCc1ccc(C2OC(CN(C)CC(O)c3cccc(O)c3)CC(c3ccc(CO)cc3)O2)cc1. The van der Waals surface area contributed by atoms with Crippen LogP contribution in [0.5, 0.6) is 5.75 Å². The van der Waals surface area contributed by atoms with Crippen LogP contribution >= 0.6 is 0 Å². The molecule has 0 spiro atoms. The number of hydrogen-bond donors (Lipinski definition) is 5. The van der Waals surface area contributed by atoms with Crippen molar-refractivity contribution in [2.45, 2.75) is 56.6 Å². The lowest BCUT2D eigenvalue weighted by atomic mass is 9.99. The molecule has 11 nitrogen and oxygen atoms in total. The van der Waals surface area contributed by atoms with E-state index in [-0.39, 0.29) is 31.1 Å². The molecule has 0 aliphatic carbocycles. The Morgan fingerprint density at radius 1 is 0.900 bits per heavy atom. The second-order valence-corrected chi connectivity index (χ2v) is 12.5. The number of urea groups is 1. The topological polar surface area (TPSA) is 150 Å². The first-order valence-corrected chi connectivity index (χ1v) is 16.6. The number of rotatable bonds is 14. The smallest absolute Gasteiger partial charge is 0.328 e. The summed E-state index contributed by atoms with van der Waals surface area (Å²) in [6.07, 6.45) is -1.10. The number of esters is 1. The first kappa shape index (κ1) is 36.5. The molecule has 5 N–H and O–H groups in total. The van der Waals surface area contributed by atoms with Gasteiger partial charge in [0, 0.05) is 38.0 Å². The van der Waals surface area contributed by atoms with Crippen molar-refractivity contribution in [2.24, 2.45) is 0 Å². The molecule has 50 heavy (non-hydrogen) atoms. The number of aliphatic hydroxyl groups is 2. The summed E-state index contributed by atoms with van der Waals surface area (Å²) >= 11 is 0. The van der Waals surface area contributed by atoms with Crippen molar-refractivity contribution >= 4 is 12.0 Å². The van der Waals surface area contributed by atoms with E-state index < -0.39 is 30.4 Å². The highest BCUT2D eigenvalue weighted by Gasteiger charge is 2.33. The average Bonchev–Trinajstić information content (AvgIpc) is 3.13. The van der Waals surface area contributed by atoms with Gasteiger partial charge >= 0.3 is 12.0 Å². The zero-order valence-electron chi connectivity index (χ0n) is 28.3. The molecule has 5 rings (SSSR count). The van der Waals surface area contributed by atoms with Crippen molar-refractivity contribution in [2.75, 3.05) is 27.2 Å². The summed E-state index contributed by atoms with van der Waals surface area (Å²) in [5, 5.41) is 35.7. The summed E-state index contributed by atoms with van der Waals surface area (Å²) in [6, 6.07) is 29.9. The highest BCUT2D eigenvalue weighted by molar-refractivity contribution is 5.83. The predicted octanol–water partition coefficient (Wildman–Crippen LogP) is 4.68. The number of ether oxygens (including phenoxy) is 3. The molecule has 0 radical (unpaired) electrons. The van der Waals surface area contributed by atoms with Crippen LogP contribution in [0, 0.1) is 0 Å². The molecule has 1 heterocycles. The molecule has 5 atom stereocenters. The third-order valence-corrected chi connectivity index (χ3v) is 8.65. The largest absolute Gasteiger partial charge is 0.508 e. The number of nitrogens with zero attached hydrogens (tertiary/aromatic N) is 1. The minimum Gasteiger partial charge on any atom is -0.508 e. The molecule has 11 heteroatoms. The van der Waals surface area contributed by atoms with Gasteiger partial charge in [-0.25, -0.2) is 9.59 Å². The number of hydrogen-bond acceptors (Lipinski definition) is 9. The number of phenols is 1. The lowest BCUT2D eigenvalue weighted by molar-refractivity contribution is -0.252. The molecular formula is C39H45N3O8. The maximum Gasteiger partial charge on any atom is 0.328 e. The van der Waals surface area contributed by atoms with Gasteiger partial charge in [0.25, 0.3) is 0 Å². The molecule has 1 aliphatic heterocycles. The van der Waals surface area contributed by atoms with Crippen LogP contribution in [0.25, 0.3) is 0 Å². The van der Waals surface area contributed by atoms with Crippen LogP contribution in [0.1, 0.15) is 58.3 Å². The first-order chi connectivity index (χ1) is 24.2. The molecule has 5 unspecified atom stereocenters. The van der Waals surface area contributed by atoms with E-state index >= 15 is 0 Å². The Morgan fingerprint density at radius 3 is 2.28 bits per heavy atom. The van der Waals surface area contributed by atoms with Crippen LogP contribution in [0.2, 0.25) is 0 Å². The number of aliphatic hydroxyl groups excluding tert-OH is 2. The molecule has 0 bridgehead atoms. The Hall–Kier alpha value is -4.78. The molecule has 0 saturated carbocycles. The Morgan fingerprint density at radius 2 is 1.60 bits per heavy atom. The van der Waals surface area contributed by atoms with E-state index in [9.17, 15) is 24.9 Å². The fourth-order valence-corrected chi connectivity index (χ4v) is 5.96. The molecule has 2 amide bonds. The maximum atomic E-state index is 12.7. The molecule has 4 aromatic carbocycles. The number of phenolic OH excluding ortho intramolecular Hbond substituents is 1. The van der Waals surface area contributed by atoms with Crippen LogP contribution in [0.15, 0.2) is 103 Å². The van der Waals surface area contributed by atoms with Crippen molar-refractivity contribution < 1.29 is 39.1 Å². The Kier molecular flexibility index (Phi) is 13.0. The number of nitrogens with one attached hydrogen (secondary N) is 2. The van der Waals surface area contributed by atoms with Crippen molar-refractivity contribution in [1.29, 1.82) is 0 Å². The van der Waals surface area contributed by atoms with Gasteiger partial charge in [-0.2, -0.15) is 0 Å². The van der Waals surface area contributed by atoms with Gasteiger partial charge in [-0.05, 0) is 47.0 Å². The lowest BCUT2D eigenvalue weighted by Gasteiger charge is -2.38. The van der Waals surface area contributed by atoms with Gasteiger partial charge in [0.2, 0.25) is 0 Å².